The number of ether oxygens (including phenoxy) is 1. The van der Waals surface area contributed by atoms with Crippen LogP contribution in [-0.2, 0) is 4.74 Å². The lowest BCUT2D eigenvalue weighted by atomic mass is 9.96. The van der Waals surface area contributed by atoms with E-state index in [-0.39, 0.29) is 6.04 Å². The molecule has 1 aliphatic heterocycles. The van der Waals surface area contributed by atoms with Gasteiger partial charge in [0.1, 0.15) is 5.60 Å². The molecule has 3 amide bonds. The Morgan fingerprint density at radius 1 is 1.33 bits per heavy atom. The number of carbonyl (C=O) groups excluding carboxylic acids is 2. The van der Waals surface area contributed by atoms with Gasteiger partial charge in [-0.3, -0.25) is 0 Å². The van der Waals surface area contributed by atoms with Crippen LogP contribution in [0.1, 0.15) is 34.1 Å². The average molecular weight is 257 g/mol. The van der Waals surface area contributed by atoms with E-state index in [1.165, 1.54) is 0 Å². The summed E-state index contributed by atoms with van der Waals surface area (Å²) in [5, 5.41) is 2.78. The number of hydrogen-bond donors (Lipinski definition) is 2. The fraction of sp³-hybridized carbons (Fsp3) is 0.833. The molecule has 2 atom stereocenters. The fourth-order valence-corrected chi connectivity index (χ4v) is 2.11. The Bertz CT molecular complexity index is 325. The van der Waals surface area contributed by atoms with Crippen LogP contribution in [-0.4, -0.2) is 41.8 Å². The lowest BCUT2D eigenvalue weighted by Gasteiger charge is -2.36. The second-order valence-corrected chi connectivity index (χ2v) is 5.93. The molecule has 0 radical (unpaired) electrons. The number of primary amides is 1. The molecule has 6 heteroatoms. The minimum Gasteiger partial charge on any atom is -0.444 e. The summed E-state index contributed by atoms with van der Waals surface area (Å²) < 4.78 is 5.19. The maximum absolute atomic E-state index is 11.6. The van der Waals surface area contributed by atoms with Gasteiger partial charge in [-0.2, -0.15) is 0 Å². The van der Waals surface area contributed by atoms with Crippen molar-refractivity contribution in [3.8, 4) is 0 Å². The molecule has 1 saturated heterocycles. The zero-order chi connectivity index (χ0) is 13.9. The largest absolute Gasteiger partial charge is 0.444 e. The number of nitrogens with one attached hydrogen (secondary N) is 1. The highest BCUT2D eigenvalue weighted by molar-refractivity contribution is 5.72. The van der Waals surface area contributed by atoms with Crippen LogP contribution in [0.3, 0.4) is 0 Å². The number of nitrogens with zero attached hydrogens (tertiary/aromatic N) is 1. The minimum atomic E-state index is -0.520. The first-order valence-electron chi connectivity index (χ1n) is 6.21. The number of alkyl carbamates (subject to hydrolysis) is 1. The molecular formula is C12H23N3O3. The third-order valence-electron chi connectivity index (χ3n) is 2.69. The molecular weight excluding hydrogens is 234 g/mol. The average Bonchev–Trinajstić information content (AvgIpc) is 2.12. The Labute approximate surface area is 108 Å². The first kappa shape index (κ1) is 14.6. The Morgan fingerprint density at radius 3 is 2.44 bits per heavy atom. The molecule has 18 heavy (non-hydrogen) atoms. The van der Waals surface area contributed by atoms with E-state index in [1.54, 1.807) is 4.90 Å². The SMILES string of the molecule is CC1CC(NC(=O)OC(C)(C)C)CN(C(N)=O)C1. The highest BCUT2D eigenvalue weighted by atomic mass is 16.6. The molecule has 0 aliphatic carbocycles. The molecule has 1 rings (SSSR count). The summed E-state index contributed by atoms with van der Waals surface area (Å²) in [6.45, 7) is 8.54. The van der Waals surface area contributed by atoms with Crippen molar-refractivity contribution >= 4 is 12.1 Å². The van der Waals surface area contributed by atoms with E-state index in [2.05, 4.69) is 5.32 Å². The number of amides is 3. The lowest BCUT2D eigenvalue weighted by Crippen LogP contribution is -2.54. The van der Waals surface area contributed by atoms with Gasteiger partial charge in [0.2, 0.25) is 0 Å². The molecule has 6 nitrogen and oxygen atoms in total. The number of piperidine rings is 1. The number of carbonyl (C=O) groups is 2. The van der Waals surface area contributed by atoms with Gasteiger partial charge in [0.05, 0.1) is 6.04 Å². The standard InChI is InChI=1S/C12H23N3O3/c1-8-5-9(7-15(6-8)10(13)16)14-11(17)18-12(2,3)4/h8-9H,5-7H2,1-4H3,(H2,13,16)(H,14,17). The summed E-state index contributed by atoms with van der Waals surface area (Å²) in [5.74, 6) is 0.311. The van der Waals surface area contributed by atoms with Crippen molar-refractivity contribution in [2.45, 2.75) is 45.8 Å². The predicted molar refractivity (Wildman–Crippen MR) is 68.1 cm³/mol. The van der Waals surface area contributed by atoms with Gasteiger partial charge in [0.25, 0.3) is 0 Å². The van der Waals surface area contributed by atoms with Gasteiger partial charge < -0.3 is 20.7 Å². The predicted octanol–water partition coefficient (Wildman–Crippen LogP) is 1.30. The smallest absolute Gasteiger partial charge is 0.407 e. The van der Waals surface area contributed by atoms with Gasteiger partial charge in [-0.1, -0.05) is 6.92 Å². The molecule has 1 aliphatic rings. The Kier molecular flexibility index (Phi) is 4.43. The van der Waals surface area contributed by atoms with Crippen molar-refractivity contribution in [3.63, 3.8) is 0 Å². The quantitative estimate of drug-likeness (QED) is 0.742. The van der Waals surface area contributed by atoms with E-state index < -0.39 is 17.7 Å². The third-order valence-corrected chi connectivity index (χ3v) is 2.69. The zero-order valence-corrected chi connectivity index (χ0v) is 11.5. The molecule has 0 saturated carbocycles. The van der Waals surface area contributed by atoms with Crippen LogP contribution in [0.2, 0.25) is 0 Å². The van der Waals surface area contributed by atoms with Crippen molar-refractivity contribution in [3.05, 3.63) is 0 Å². The second-order valence-electron chi connectivity index (χ2n) is 5.93. The number of likely N-dealkylation sites (tertiary alicyclic amines) is 1. The maximum atomic E-state index is 11.6. The van der Waals surface area contributed by atoms with Gasteiger partial charge >= 0.3 is 12.1 Å². The van der Waals surface area contributed by atoms with Gasteiger partial charge in [-0.25, -0.2) is 9.59 Å². The Balaban J connectivity index is 2.51. The third kappa shape index (κ3) is 4.81. The van der Waals surface area contributed by atoms with Crippen LogP contribution >= 0.6 is 0 Å². The Morgan fingerprint density at radius 2 is 1.94 bits per heavy atom. The number of hydrogen-bond acceptors (Lipinski definition) is 3. The number of nitrogens with two attached hydrogens (primary N) is 1. The molecule has 0 aromatic heterocycles. The van der Waals surface area contributed by atoms with Crippen molar-refractivity contribution in [2.75, 3.05) is 13.1 Å². The van der Waals surface area contributed by atoms with Gasteiger partial charge in [0, 0.05) is 13.1 Å². The molecule has 104 valence electrons. The van der Waals surface area contributed by atoms with Crippen molar-refractivity contribution in [1.82, 2.24) is 10.2 Å². The van der Waals surface area contributed by atoms with Crippen molar-refractivity contribution < 1.29 is 14.3 Å². The van der Waals surface area contributed by atoms with E-state index in [4.69, 9.17) is 10.5 Å². The summed E-state index contributed by atoms with van der Waals surface area (Å²) in [5.41, 5.74) is 4.75. The molecule has 3 N–H and O–H groups in total. The summed E-state index contributed by atoms with van der Waals surface area (Å²) >= 11 is 0. The fourth-order valence-electron chi connectivity index (χ4n) is 2.11. The molecule has 0 spiro atoms. The number of urea groups is 1. The van der Waals surface area contributed by atoms with E-state index in [0.717, 1.165) is 6.42 Å². The molecule has 0 aromatic rings. The van der Waals surface area contributed by atoms with Crippen LogP contribution in [0.15, 0.2) is 0 Å². The first-order chi connectivity index (χ1) is 8.17. The highest BCUT2D eigenvalue weighted by Crippen LogP contribution is 2.16. The van der Waals surface area contributed by atoms with E-state index >= 15 is 0 Å². The van der Waals surface area contributed by atoms with Crippen molar-refractivity contribution in [1.29, 1.82) is 0 Å². The van der Waals surface area contributed by atoms with Crippen LogP contribution in [0.25, 0.3) is 0 Å². The minimum absolute atomic E-state index is 0.101. The van der Waals surface area contributed by atoms with Crippen molar-refractivity contribution in [2.24, 2.45) is 11.7 Å². The molecule has 0 bridgehead atoms. The second kappa shape index (κ2) is 5.46. The van der Waals surface area contributed by atoms with Gasteiger partial charge in [-0.05, 0) is 33.1 Å². The van der Waals surface area contributed by atoms with Crippen LogP contribution in [0, 0.1) is 5.92 Å². The zero-order valence-electron chi connectivity index (χ0n) is 11.5. The van der Waals surface area contributed by atoms with Crippen LogP contribution in [0.5, 0.6) is 0 Å². The lowest BCUT2D eigenvalue weighted by molar-refractivity contribution is 0.0467. The summed E-state index contributed by atoms with van der Waals surface area (Å²) in [6.07, 6.45) is 0.370. The highest BCUT2D eigenvalue weighted by Gasteiger charge is 2.28. The topological polar surface area (TPSA) is 84.7 Å². The normalized spacial score (nSPS) is 24.6. The van der Waals surface area contributed by atoms with E-state index in [0.29, 0.717) is 19.0 Å². The maximum Gasteiger partial charge on any atom is 0.407 e. The van der Waals surface area contributed by atoms with Gasteiger partial charge in [0.15, 0.2) is 0 Å². The number of rotatable bonds is 1. The molecule has 2 unspecified atom stereocenters. The summed E-state index contributed by atoms with van der Waals surface area (Å²) in [6, 6.07) is -0.548. The van der Waals surface area contributed by atoms with Crippen LogP contribution < -0.4 is 11.1 Å². The first-order valence-corrected chi connectivity index (χ1v) is 6.21. The summed E-state index contributed by atoms with van der Waals surface area (Å²) in [7, 11) is 0. The van der Waals surface area contributed by atoms with Crippen LogP contribution in [0.4, 0.5) is 9.59 Å². The molecule has 1 heterocycles. The molecule has 0 aromatic carbocycles. The monoisotopic (exact) mass is 257 g/mol. The van der Waals surface area contributed by atoms with E-state index in [9.17, 15) is 9.59 Å². The summed E-state index contributed by atoms with van der Waals surface area (Å²) in [4.78, 5) is 24.4. The van der Waals surface area contributed by atoms with Gasteiger partial charge in [-0.15, -0.1) is 0 Å². The Hall–Kier alpha value is -1.46. The molecule has 1 fully saturated rings. The van der Waals surface area contributed by atoms with E-state index in [1.807, 2.05) is 27.7 Å².